The van der Waals surface area contributed by atoms with Crippen LogP contribution in [0.4, 0.5) is 0 Å². The lowest BCUT2D eigenvalue weighted by Gasteiger charge is -2.02. The van der Waals surface area contributed by atoms with E-state index in [1.54, 1.807) is 7.11 Å². The van der Waals surface area contributed by atoms with Gasteiger partial charge in [-0.3, -0.25) is 0 Å². The van der Waals surface area contributed by atoms with E-state index in [2.05, 4.69) is 19.7 Å². The third-order valence-corrected chi connectivity index (χ3v) is 2.97. The number of rotatable bonds is 5. The maximum absolute atomic E-state index is 5.49. The van der Waals surface area contributed by atoms with Gasteiger partial charge >= 0.3 is 0 Å². The molecular formula is C22H33NO. The molecule has 2 nitrogen and oxygen atoms in total. The molecule has 0 heterocycles. The molecule has 0 radical (unpaired) electrons. The average molecular weight is 328 g/mol. The van der Waals surface area contributed by atoms with E-state index in [1.807, 2.05) is 77.1 Å². The smallest absolute Gasteiger partial charge is 0.119 e. The summed E-state index contributed by atoms with van der Waals surface area (Å²) in [5.41, 5.74) is 10.2. The molecule has 0 spiro atoms. The van der Waals surface area contributed by atoms with E-state index in [-0.39, 0.29) is 0 Å². The number of methoxy groups -OCH3 is 1. The second-order valence-corrected chi connectivity index (χ2v) is 4.89. The Morgan fingerprint density at radius 1 is 1.12 bits per heavy atom. The molecular weight excluding hydrogens is 294 g/mol. The number of ether oxygens (including phenoxy) is 1. The van der Waals surface area contributed by atoms with Gasteiger partial charge in [-0.2, -0.15) is 0 Å². The lowest BCUT2D eigenvalue weighted by molar-refractivity contribution is 0.414. The molecule has 0 aliphatic heterocycles. The van der Waals surface area contributed by atoms with Gasteiger partial charge < -0.3 is 10.5 Å². The second kappa shape index (κ2) is 14.1. The molecule has 1 aromatic rings. The quantitative estimate of drug-likeness (QED) is 0.645. The minimum Gasteiger partial charge on any atom is -0.497 e. The van der Waals surface area contributed by atoms with Crippen molar-refractivity contribution in [2.45, 2.75) is 34.6 Å². The average Bonchev–Trinajstić information content (AvgIpc) is 2.61. The number of nitrogens with two attached hydrogens (primary N) is 1. The van der Waals surface area contributed by atoms with Gasteiger partial charge in [-0.15, -0.1) is 0 Å². The van der Waals surface area contributed by atoms with Crippen molar-refractivity contribution in [1.29, 1.82) is 0 Å². The zero-order valence-electron chi connectivity index (χ0n) is 16.1. The lowest BCUT2D eigenvalue weighted by Crippen LogP contribution is -1.93. The molecule has 0 aromatic heterocycles. The highest BCUT2D eigenvalue weighted by molar-refractivity contribution is 5.61. The fourth-order valence-corrected chi connectivity index (χ4v) is 1.50. The Morgan fingerprint density at radius 3 is 2.12 bits per heavy atom. The van der Waals surface area contributed by atoms with Crippen LogP contribution in [0.15, 0.2) is 78.9 Å². The van der Waals surface area contributed by atoms with Crippen LogP contribution in [0, 0.1) is 0 Å². The second-order valence-electron chi connectivity index (χ2n) is 4.89. The normalized spacial score (nSPS) is 10.0. The Balaban J connectivity index is 0. The highest BCUT2D eigenvalue weighted by Gasteiger charge is 1.95. The Kier molecular flexibility index (Phi) is 14.0. The minimum absolute atomic E-state index is 0.559. The predicted molar refractivity (Wildman–Crippen MR) is 110 cm³/mol. The van der Waals surface area contributed by atoms with Gasteiger partial charge in [-0.05, 0) is 44.1 Å². The van der Waals surface area contributed by atoms with Gasteiger partial charge in [-0.25, -0.2) is 0 Å². The van der Waals surface area contributed by atoms with E-state index in [0.29, 0.717) is 5.70 Å². The summed E-state index contributed by atoms with van der Waals surface area (Å²) < 4.78 is 5.01. The summed E-state index contributed by atoms with van der Waals surface area (Å²) in [6, 6.07) is 7.49. The van der Waals surface area contributed by atoms with Crippen molar-refractivity contribution in [3.05, 3.63) is 84.5 Å². The summed E-state index contributed by atoms with van der Waals surface area (Å²) in [5.74, 6) is 0.800. The third-order valence-electron chi connectivity index (χ3n) is 2.97. The minimum atomic E-state index is 0.559. The fraction of sp³-hybridized carbons (Fsp3) is 0.273. The van der Waals surface area contributed by atoms with Gasteiger partial charge in [0.25, 0.3) is 0 Å². The van der Waals surface area contributed by atoms with E-state index < -0.39 is 0 Å². The van der Waals surface area contributed by atoms with Crippen molar-refractivity contribution in [2.75, 3.05) is 7.11 Å². The van der Waals surface area contributed by atoms with Crippen molar-refractivity contribution in [3.63, 3.8) is 0 Å². The summed E-state index contributed by atoms with van der Waals surface area (Å²) in [7, 11) is 1.62. The number of allylic oxidation sites excluding steroid dienone is 6. The molecule has 0 amide bonds. The maximum atomic E-state index is 5.49. The summed E-state index contributed by atoms with van der Waals surface area (Å²) in [6.07, 6.45) is 6.04. The maximum Gasteiger partial charge on any atom is 0.119 e. The van der Waals surface area contributed by atoms with Crippen molar-refractivity contribution >= 4 is 5.70 Å². The van der Waals surface area contributed by atoms with Crippen LogP contribution >= 0.6 is 0 Å². The van der Waals surface area contributed by atoms with Crippen molar-refractivity contribution in [2.24, 2.45) is 5.73 Å². The number of benzene rings is 1. The number of hydrogen-bond acceptors (Lipinski definition) is 2. The van der Waals surface area contributed by atoms with Gasteiger partial charge in [0.05, 0.1) is 7.11 Å². The van der Waals surface area contributed by atoms with E-state index in [1.165, 1.54) is 5.57 Å². The molecule has 1 aromatic carbocycles. The summed E-state index contributed by atoms with van der Waals surface area (Å²) in [4.78, 5) is 0. The third kappa shape index (κ3) is 10.3. The van der Waals surface area contributed by atoms with E-state index >= 15 is 0 Å². The van der Waals surface area contributed by atoms with Crippen LogP contribution in [0.5, 0.6) is 5.75 Å². The zero-order chi connectivity index (χ0) is 19.1. The SMILES string of the molecule is C=C(C)C(=C)/C(C)=C\C=C/C.C=C(N)c1cccc(OC)c1.CC. The van der Waals surface area contributed by atoms with Crippen LogP contribution in [0.2, 0.25) is 0 Å². The Morgan fingerprint density at radius 2 is 1.71 bits per heavy atom. The van der Waals surface area contributed by atoms with E-state index in [4.69, 9.17) is 10.5 Å². The summed E-state index contributed by atoms with van der Waals surface area (Å²) in [5, 5.41) is 0. The van der Waals surface area contributed by atoms with Gasteiger partial charge in [0, 0.05) is 11.3 Å². The van der Waals surface area contributed by atoms with Crippen LogP contribution in [-0.4, -0.2) is 7.11 Å². The zero-order valence-corrected chi connectivity index (χ0v) is 16.1. The van der Waals surface area contributed by atoms with Crippen LogP contribution < -0.4 is 10.5 Å². The molecule has 24 heavy (non-hydrogen) atoms. The summed E-state index contributed by atoms with van der Waals surface area (Å²) in [6.45, 7) is 21.3. The first-order valence-corrected chi connectivity index (χ1v) is 8.07. The van der Waals surface area contributed by atoms with Gasteiger partial charge in [0.2, 0.25) is 0 Å². The van der Waals surface area contributed by atoms with Crippen LogP contribution in [-0.2, 0) is 0 Å². The fourth-order valence-electron chi connectivity index (χ4n) is 1.50. The first kappa shape index (κ1) is 23.8. The van der Waals surface area contributed by atoms with Crippen LogP contribution in [0.1, 0.15) is 40.2 Å². The number of hydrogen-bond donors (Lipinski definition) is 1. The Hall–Kier alpha value is -2.48. The van der Waals surface area contributed by atoms with Crippen molar-refractivity contribution in [3.8, 4) is 5.75 Å². The van der Waals surface area contributed by atoms with Gasteiger partial charge in [0.15, 0.2) is 0 Å². The molecule has 1 rings (SSSR count). The molecule has 0 fully saturated rings. The Bertz CT molecular complexity index is 592. The molecule has 0 aliphatic carbocycles. The van der Waals surface area contributed by atoms with Crippen molar-refractivity contribution in [1.82, 2.24) is 0 Å². The molecule has 132 valence electrons. The molecule has 0 saturated heterocycles. The highest BCUT2D eigenvalue weighted by Crippen LogP contribution is 2.15. The van der Waals surface area contributed by atoms with E-state index in [9.17, 15) is 0 Å². The molecule has 0 saturated carbocycles. The molecule has 2 N–H and O–H groups in total. The molecule has 0 aliphatic rings. The lowest BCUT2D eigenvalue weighted by atomic mass is 10.0. The first-order chi connectivity index (χ1) is 11.3. The van der Waals surface area contributed by atoms with Gasteiger partial charge in [-0.1, -0.05) is 69.5 Å². The topological polar surface area (TPSA) is 35.2 Å². The molecule has 0 unspecified atom stereocenters. The molecule has 2 heteroatoms. The standard InChI is InChI=1S/C11H16.C9H11NO.C2H6/c1-6-7-8-10(4)11(5)9(2)3;1-7(10)8-4-3-5-9(6-8)11-2;1-2/h6-8H,2,5H2,1,3-4H3;3-6H,1,10H2,2H3;1-2H3/b7-6-,10-8-;;. The van der Waals surface area contributed by atoms with E-state index in [0.717, 1.165) is 22.5 Å². The Labute approximate surface area is 148 Å². The summed E-state index contributed by atoms with van der Waals surface area (Å²) >= 11 is 0. The highest BCUT2D eigenvalue weighted by atomic mass is 16.5. The van der Waals surface area contributed by atoms with Gasteiger partial charge in [0.1, 0.15) is 5.75 Å². The molecule has 0 bridgehead atoms. The first-order valence-electron chi connectivity index (χ1n) is 8.07. The molecule has 0 atom stereocenters. The van der Waals surface area contributed by atoms with Crippen LogP contribution in [0.25, 0.3) is 5.70 Å². The monoisotopic (exact) mass is 327 g/mol. The van der Waals surface area contributed by atoms with Crippen LogP contribution in [0.3, 0.4) is 0 Å². The predicted octanol–water partition coefficient (Wildman–Crippen LogP) is 6.29. The largest absolute Gasteiger partial charge is 0.497 e. The van der Waals surface area contributed by atoms with Crippen molar-refractivity contribution < 1.29 is 4.74 Å².